The third-order valence-corrected chi connectivity index (χ3v) is 4.38. The Morgan fingerprint density at radius 2 is 2.12 bits per heavy atom. The zero-order valence-electron chi connectivity index (χ0n) is 13.4. The molecule has 0 fully saturated rings. The second-order valence-electron chi connectivity index (χ2n) is 5.41. The average Bonchev–Trinajstić information content (AvgIpc) is 3.01. The third-order valence-electron chi connectivity index (χ3n) is 3.40. The van der Waals surface area contributed by atoms with Gasteiger partial charge in [0.25, 0.3) is 5.91 Å². The van der Waals surface area contributed by atoms with E-state index in [1.54, 1.807) is 13.0 Å². The van der Waals surface area contributed by atoms with Crippen molar-refractivity contribution >= 4 is 29.3 Å². The number of rotatable bonds is 5. The van der Waals surface area contributed by atoms with E-state index in [0.717, 1.165) is 17.3 Å². The Morgan fingerprint density at radius 3 is 2.81 bits per heavy atom. The number of carbonyl (C=O) groups excluding carboxylic acids is 1. The molecule has 0 aliphatic carbocycles. The third kappa shape index (κ3) is 3.59. The normalized spacial score (nSPS) is 10.8. The van der Waals surface area contributed by atoms with E-state index in [2.05, 4.69) is 15.4 Å². The van der Waals surface area contributed by atoms with Crippen molar-refractivity contribution < 1.29 is 19.1 Å². The molecule has 134 valence electrons. The van der Waals surface area contributed by atoms with E-state index in [0.29, 0.717) is 9.92 Å². The summed E-state index contributed by atoms with van der Waals surface area (Å²) >= 11 is 1.13. The number of H-pyrrole nitrogens is 1. The molecular weight excluding hydrogens is 363 g/mol. The van der Waals surface area contributed by atoms with Crippen LogP contribution < -0.4 is 10.7 Å². The number of fused-ring (bicyclic) bond motifs is 1. The molecule has 10 heteroatoms. The van der Waals surface area contributed by atoms with Gasteiger partial charge in [-0.2, -0.15) is 0 Å². The lowest BCUT2D eigenvalue weighted by atomic mass is 10.2. The van der Waals surface area contributed by atoms with Crippen LogP contribution in [0.15, 0.2) is 45.3 Å². The van der Waals surface area contributed by atoms with Crippen LogP contribution in [-0.2, 0) is 4.79 Å². The standard InChI is InChI=1S/C16H13FN4O4S/c1-8-2-9(17)4-10(3-8)26-12-5-11(22)14(15-19-7-20-21(12)15)16(25)18-6-13(23)24/h2-5,7H,6H2,1H3,(H,18,25)(H,19,20)(H,23,24). The predicted octanol–water partition coefficient (Wildman–Crippen LogP) is 1.44. The molecule has 0 saturated carbocycles. The number of hydrogen-bond acceptors (Lipinski definition) is 5. The summed E-state index contributed by atoms with van der Waals surface area (Å²) in [4.78, 5) is 39.7. The maximum atomic E-state index is 13.6. The molecule has 1 aromatic carbocycles. The highest BCUT2D eigenvalue weighted by atomic mass is 32.2. The topological polar surface area (TPSA) is 117 Å². The van der Waals surface area contributed by atoms with Gasteiger partial charge in [-0.1, -0.05) is 11.8 Å². The largest absolute Gasteiger partial charge is 0.480 e. The van der Waals surface area contributed by atoms with Crippen LogP contribution in [0.2, 0.25) is 0 Å². The Bertz CT molecular complexity index is 1060. The number of nitrogens with zero attached hydrogens (tertiary/aromatic N) is 2. The highest BCUT2D eigenvalue weighted by Crippen LogP contribution is 2.28. The number of aryl methyl sites for hydroxylation is 1. The first-order valence-corrected chi connectivity index (χ1v) is 8.21. The van der Waals surface area contributed by atoms with Crippen LogP contribution in [-0.4, -0.2) is 38.1 Å². The fourth-order valence-corrected chi connectivity index (χ4v) is 3.44. The zero-order chi connectivity index (χ0) is 18.8. The molecule has 0 aliphatic rings. The van der Waals surface area contributed by atoms with Crippen molar-refractivity contribution in [1.82, 2.24) is 19.9 Å². The van der Waals surface area contributed by atoms with Crippen LogP contribution in [0, 0.1) is 12.7 Å². The van der Waals surface area contributed by atoms with E-state index >= 15 is 0 Å². The number of aromatic amines is 1. The van der Waals surface area contributed by atoms with Crippen LogP contribution in [0.4, 0.5) is 4.39 Å². The van der Waals surface area contributed by atoms with E-state index in [9.17, 15) is 18.8 Å². The Kier molecular flexibility index (Phi) is 4.76. The van der Waals surface area contributed by atoms with Gasteiger partial charge in [0.15, 0.2) is 11.1 Å². The lowest BCUT2D eigenvalue weighted by Gasteiger charge is -2.08. The van der Waals surface area contributed by atoms with E-state index in [-0.39, 0.29) is 11.2 Å². The summed E-state index contributed by atoms with van der Waals surface area (Å²) in [5.41, 5.74) is -0.107. The monoisotopic (exact) mass is 376 g/mol. The minimum Gasteiger partial charge on any atom is -0.480 e. The Morgan fingerprint density at radius 1 is 1.35 bits per heavy atom. The molecule has 3 aromatic rings. The van der Waals surface area contributed by atoms with E-state index in [1.165, 1.54) is 29.0 Å². The zero-order valence-corrected chi connectivity index (χ0v) is 14.3. The van der Waals surface area contributed by atoms with Gasteiger partial charge >= 0.3 is 5.97 Å². The molecule has 3 rings (SSSR count). The number of aliphatic carboxylic acids is 1. The van der Waals surface area contributed by atoms with Crippen LogP contribution >= 0.6 is 11.8 Å². The maximum absolute atomic E-state index is 13.6. The summed E-state index contributed by atoms with van der Waals surface area (Å²) in [5.74, 6) is -2.46. The second kappa shape index (κ2) is 7.00. The molecule has 8 nitrogen and oxygen atoms in total. The van der Waals surface area contributed by atoms with Crippen molar-refractivity contribution in [1.29, 1.82) is 0 Å². The van der Waals surface area contributed by atoms with Gasteiger partial charge in [0.05, 0.1) is 0 Å². The maximum Gasteiger partial charge on any atom is 0.322 e. The van der Waals surface area contributed by atoms with E-state index in [4.69, 9.17) is 5.11 Å². The number of carboxylic acids is 1. The number of carboxylic acid groups (broad SMARTS) is 1. The molecule has 0 radical (unpaired) electrons. The minimum absolute atomic E-state index is 0.0519. The number of amides is 1. The van der Waals surface area contributed by atoms with Crippen molar-refractivity contribution in [3.8, 4) is 0 Å². The molecule has 0 bridgehead atoms. The number of carbonyl (C=O) groups is 2. The van der Waals surface area contributed by atoms with Crippen LogP contribution in [0.25, 0.3) is 5.65 Å². The number of benzene rings is 1. The second-order valence-corrected chi connectivity index (χ2v) is 6.50. The minimum atomic E-state index is -1.23. The number of aromatic nitrogens is 3. The van der Waals surface area contributed by atoms with Gasteiger partial charge in [0, 0.05) is 11.0 Å². The SMILES string of the molecule is Cc1cc(F)cc(Sc2cc(=O)c(C(=O)NCC(=O)O)c3nc[nH]n23)c1. The van der Waals surface area contributed by atoms with Crippen LogP contribution in [0.5, 0.6) is 0 Å². The molecule has 0 atom stereocenters. The molecule has 0 aliphatic heterocycles. The summed E-state index contributed by atoms with van der Waals surface area (Å²) < 4.78 is 15.0. The van der Waals surface area contributed by atoms with Crippen LogP contribution in [0.3, 0.4) is 0 Å². The van der Waals surface area contributed by atoms with Gasteiger partial charge in [-0.3, -0.25) is 19.5 Å². The summed E-state index contributed by atoms with van der Waals surface area (Å²) in [5, 5.41) is 14.0. The van der Waals surface area contributed by atoms with Crippen molar-refractivity contribution in [2.45, 2.75) is 16.8 Å². The Labute approximate surface area is 150 Å². The summed E-state index contributed by atoms with van der Waals surface area (Å²) in [6.07, 6.45) is 1.30. The van der Waals surface area contributed by atoms with Gasteiger partial charge < -0.3 is 10.4 Å². The summed E-state index contributed by atoms with van der Waals surface area (Å²) in [7, 11) is 0. The average molecular weight is 376 g/mol. The highest BCUT2D eigenvalue weighted by Gasteiger charge is 2.20. The molecule has 1 amide bonds. The lowest BCUT2D eigenvalue weighted by Crippen LogP contribution is -2.33. The molecule has 26 heavy (non-hydrogen) atoms. The fraction of sp³-hybridized carbons (Fsp3) is 0.125. The number of hydrogen-bond donors (Lipinski definition) is 3. The van der Waals surface area contributed by atoms with Gasteiger partial charge in [-0.25, -0.2) is 13.9 Å². The predicted molar refractivity (Wildman–Crippen MR) is 91.0 cm³/mol. The Hall–Kier alpha value is -3.14. The molecule has 2 aromatic heterocycles. The van der Waals surface area contributed by atoms with Crippen molar-refractivity contribution in [3.63, 3.8) is 0 Å². The summed E-state index contributed by atoms with van der Waals surface area (Å²) in [6, 6.07) is 5.69. The van der Waals surface area contributed by atoms with Gasteiger partial charge in [0.1, 0.15) is 29.3 Å². The molecule has 0 unspecified atom stereocenters. The Balaban J connectivity index is 2.03. The first kappa shape index (κ1) is 17.7. The first-order chi connectivity index (χ1) is 12.3. The van der Waals surface area contributed by atoms with Crippen molar-refractivity contribution in [2.24, 2.45) is 0 Å². The van der Waals surface area contributed by atoms with Crippen LogP contribution in [0.1, 0.15) is 15.9 Å². The smallest absolute Gasteiger partial charge is 0.322 e. The van der Waals surface area contributed by atoms with Gasteiger partial charge in [0.2, 0.25) is 0 Å². The number of nitrogens with one attached hydrogen (secondary N) is 2. The fourth-order valence-electron chi connectivity index (χ4n) is 2.39. The van der Waals surface area contributed by atoms with E-state index in [1.807, 2.05) is 0 Å². The number of pyridine rings is 1. The highest BCUT2D eigenvalue weighted by molar-refractivity contribution is 7.99. The van der Waals surface area contributed by atoms with Gasteiger partial charge in [-0.05, 0) is 30.7 Å². The quantitative estimate of drug-likeness (QED) is 0.620. The first-order valence-electron chi connectivity index (χ1n) is 7.39. The van der Waals surface area contributed by atoms with Gasteiger partial charge in [-0.15, -0.1) is 0 Å². The molecule has 3 N–H and O–H groups in total. The van der Waals surface area contributed by atoms with Crippen molar-refractivity contribution in [3.05, 3.63) is 57.8 Å². The molecular formula is C16H13FN4O4S. The molecule has 2 heterocycles. The summed E-state index contributed by atoms with van der Waals surface area (Å²) in [6.45, 7) is 1.13. The van der Waals surface area contributed by atoms with Crippen molar-refractivity contribution in [2.75, 3.05) is 6.54 Å². The number of halogens is 1. The van der Waals surface area contributed by atoms with E-state index < -0.39 is 29.7 Å². The molecule has 0 spiro atoms. The lowest BCUT2D eigenvalue weighted by molar-refractivity contribution is -0.135. The molecule has 0 saturated heterocycles.